The van der Waals surface area contributed by atoms with Crippen molar-refractivity contribution in [3.8, 4) is 0 Å². The number of nitrogens with zero attached hydrogens (tertiary/aromatic N) is 1. The van der Waals surface area contributed by atoms with Crippen molar-refractivity contribution in [2.75, 3.05) is 11.4 Å². The van der Waals surface area contributed by atoms with Crippen molar-refractivity contribution in [2.24, 2.45) is 0 Å². The predicted octanol–water partition coefficient (Wildman–Crippen LogP) is 2.32. The minimum atomic E-state index is -1.88. The average molecular weight is 205 g/mol. The second-order valence-electron chi connectivity index (χ2n) is 3.61. The van der Waals surface area contributed by atoms with Gasteiger partial charge in [-0.2, -0.15) is 0 Å². The van der Waals surface area contributed by atoms with Crippen molar-refractivity contribution >= 4 is 11.6 Å². The molecule has 1 aliphatic rings. The number of carbonyl (C=O) groups is 1. The zero-order chi connectivity index (χ0) is 10.9. The lowest BCUT2D eigenvalue weighted by Gasteiger charge is -2.17. The summed E-state index contributed by atoms with van der Waals surface area (Å²) in [5.41, 5.74) is -1.14. The van der Waals surface area contributed by atoms with E-state index in [-0.39, 0.29) is 6.42 Å². The Bertz CT molecular complexity index is 390. The summed E-state index contributed by atoms with van der Waals surface area (Å²) in [7, 11) is 0. The smallest absolute Gasteiger partial charge is 0.268 e. The van der Waals surface area contributed by atoms with Gasteiger partial charge in [-0.3, -0.25) is 4.79 Å². The summed E-state index contributed by atoms with van der Waals surface area (Å²) in [6.45, 7) is 3.78. The quantitative estimate of drug-likeness (QED) is 0.678. The Hall–Kier alpha value is -1.64. The number of hydrogen-bond acceptors (Lipinski definition) is 1. The van der Waals surface area contributed by atoms with Crippen LogP contribution in [0.3, 0.4) is 0 Å². The van der Waals surface area contributed by atoms with Crippen LogP contribution in [-0.2, 0) is 4.79 Å². The minimum absolute atomic E-state index is 0.185. The van der Waals surface area contributed by atoms with Crippen LogP contribution in [0.25, 0.3) is 0 Å². The average Bonchev–Trinajstić information content (AvgIpc) is 2.58. The largest absolute Gasteiger partial charge is 0.309 e. The molecule has 1 aromatic rings. The summed E-state index contributed by atoms with van der Waals surface area (Å²) in [6.07, 6.45) is 1.28. The number of rotatable bonds is 2. The molecule has 15 heavy (non-hydrogen) atoms. The Kier molecular flexibility index (Phi) is 2.31. The molecular formula is C12H12FNO. The first-order valence-corrected chi connectivity index (χ1v) is 4.87. The topological polar surface area (TPSA) is 20.3 Å². The van der Waals surface area contributed by atoms with Crippen LogP contribution in [0.5, 0.6) is 0 Å². The highest BCUT2D eigenvalue weighted by Crippen LogP contribution is 2.31. The van der Waals surface area contributed by atoms with Gasteiger partial charge in [-0.25, -0.2) is 4.39 Å². The molecule has 1 aliphatic heterocycles. The second kappa shape index (κ2) is 3.50. The lowest BCUT2D eigenvalue weighted by atomic mass is 10.1. The summed E-state index contributed by atoms with van der Waals surface area (Å²) >= 11 is 0. The predicted molar refractivity (Wildman–Crippen MR) is 57.4 cm³/mol. The Labute approximate surface area is 88.0 Å². The Morgan fingerprint density at radius 3 is 2.60 bits per heavy atom. The first-order valence-electron chi connectivity index (χ1n) is 4.87. The SMILES string of the molecule is C=CC1(F)CCN(c2ccccc2)C1=O. The number of anilines is 1. The molecule has 0 bridgehead atoms. The number of para-hydroxylation sites is 1. The fraction of sp³-hybridized carbons (Fsp3) is 0.250. The van der Waals surface area contributed by atoms with E-state index in [1.54, 1.807) is 12.1 Å². The van der Waals surface area contributed by atoms with Crippen molar-refractivity contribution in [3.05, 3.63) is 43.0 Å². The van der Waals surface area contributed by atoms with E-state index in [1.807, 2.05) is 18.2 Å². The summed E-state index contributed by atoms with van der Waals surface area (Å²) in [5, 5.41) is 0. The highest BCUT2D eigenvalue weighted by Gasteiger charge is 2.45. The number of amides is 1. The minimum Gasteiger partial charge on any atom is -0.309 e. The summed E-state index contributed by atoms with van der Waals surface area (Å²) < 4.78 is 13.9. The first-order chi connectivity index (χ1) is 7.17. The highest BCUT2D eigenvalue weighted by atomic mass is 19.1. The molecule has 1 amide bonds. The van der Waals surface area contributed by atoms with Gasteiger partial charge >= 0.3 is 0 Å². The zero-order valence-corrected chi connectivity index (χ0v) is 8.32. The molecule has 0 saturated carbocycles. The normalized spacial score (nSPS) is 25.7. The Balaban J connectivity index is 2.29. The van der Waals surface area contributed by atoms with Gasteiger partial charge in [-0.1, -0.05) is 24.8 Å². The van der Waals surface area contributed by atoms with Crippen LogP contribution in [0.2, 0.25) is 0 Å². The van der Waals surface area contributed by atoms with Crippen LogP contribution in [0, 0.1) is 0 Å². The van der Waals surface area contributed by atoms with E-state index < -0.39 is 11.6 Å². The molecule has 1 aromatic carbocycles. The first kappa shape index (κ1) is 9.90. The van der Waals surface area contributed by atoms with E-state index in [2.05, 4.69) is 6.58 Å². The Morgan fingerprint density at radius 1 is 1.40 bits per heavy atom. The molecule has 3 heteroatoms. The molecule has 0 spiro atoms. The van der Waals surface area contributed by atoms with Crippen molar-refractivity contribution in [1.82, 2.24) is 0 Å². The number of carbonyl (C=O) groups excluding carboxylic acids is 1. The molecule has 1 atom stereocenters. The maximum atomic E-state index is 13.9. The third kappa shape index (κ3) is 1.54. The van der Waals surface area contributed by atoms with Gasteiger partial charge in [-0.05, 0) is 18.2 Å². The van der Waals surface area contributed by atoms with Crippen LogP contribution in [0.4, 0.5) is 10.1 Å². The molecule has 0 aliphatic carbocycles. The molecule has 1 fully saturated rings. The van der Waals surface area contributed by atoms with E-state index in [9.17, 15) is 9.18 Å². The van der Waals surface area contributed by atoms with Gasteiger partial charge in [0.2, 0.25) is 5.67 Å². The van der Waals surface area contributed by atoms with Crippen molar-refractivity contribution < 1.29 is 9.18 Å². The van der Waals surface area contributed by atoms with Crippen LogP contribution >= 0.6 is 0 Å². The van der Waals surface area contributed by atoms with Crippen molar-refractivity contribution in [2.45, 2.75) is 12.1 Å². The van der Waals surface area contributed by atoms with E-state index in [0.29, 0.717) is 6.54 Å². The van der Waals surface area contributed by atoms with Crippen LogP contribution < -0.4 is 4.90 Å². The zero-order valence-electron chi connectivity index (χ0n) is 8.32. The van der Waals surface area contributed by atoms with Gasteiger partial charge in [-0.15, -0.1) is 0 Å². The molecule has 1 saturated heterocycles. The van der Waals surface area contributed by atoms with Gasteiger partial charge in [0, 0.05) is 18.7 Å². The van der Waals surface area contributed by atoms with E-state index in [1.165, 1.54) is 4.90 Å². The third-order valence-electron chi connectivity index (χ3n) is 2.69. The maximum Gasteiger partial charge on any atom is 0.268 e. The van der Waals surface area contributed by atoms with Crippen molar-refractivity contribution in [1.29, 1.82) is 0 Å². The lowest BCUT2D eigenvalue weighted by Crippen LogP contribution is -2.34. The second-order valence-corrected chi connectivity index (χ2v) is 3.61. The van der Waals surface area contributed by atoms with Crippen LogP contribution in [0.15, 0.2) is 43.0 Å². The highest BCUT2D eigenvalue weighted by molar-refractivity contribution is 6.03. The molecule has 0 N–H and O–H groups in total. The van der Waals surface area contributed by atoms with E-state index in [0.717, 1.165) is 11.8 Å². The lowest BCUT2D eigenvalue weighted by molar-refractivity contribution is -0.124. The van der Waals surface area contributed by atoms with Gasteiger partial charge in [0.15, 0.2) is 0 Å². The van der Waals surface area contributed by atoms with E-state index in [4.69, 9.17) is 0 Å². The van der Waals surface area contributed by atoms with Crippen LogP contribution in [-0.4, -0.2) is 18.1 Å². The fourth-order valence-corrected chi connectivity index (χ4v) is 1.75. The number of hydrogen-bond donors (Lipinski definition) is 0. The monoisotopic (exact) mass is 205 g/mol. The molecule has 0 radical (unpaired) electrons. The summed E-state index contributed by atoms with van der Waals surface area (Å²) in [4.78, 5) is 13.2. The standard InChI is InChI=1S/C12H12FNO/c1-2-12(13)8-9-14(11(12)15)10-6-4-3-5-7-10/h2-7H,1,8-9H2. The summed E-state index contributed by atoms with van der Waals surface area (Å²) in [6, 6.07) is 9.11. The van der Waals surface area contributed by atoms with Gasteiger partial charge < -0.3 is 4.90 Å². The maximum absolute atomic E-state index is 13.9. The van der Waals surface area contributed by atoms with E-state index >= 15 is 0 Å². The van der Waals surface area contributed by atoms with Crippen LogP contribution in [0.1, 0.15) is 6.42 Å². The van der Waals surface area contributed by atoms with Gasteiger partial charge in [0.1, 0.15) is 0 Å². The molecule has 2 rings (SSSR count). The van der Waals surface area contributed by atoms with Gasteiger partial charge in [0.05, 0.1) is 0 Å². The van der Waals surface area contributed by atoms with Gasteiger partial charge in [0.25, 0.3) is 5.91 Å². The molecule has 2 nitrogen and oxygen atoms in total. The number of halogens is 1. The number of benzene rings is 1. The summed E-state index contributed by atoms with van der Waals surface area (Å²) in [5.74, 6) is -0.510. The number of alkyl halides is 1. The fourth-order valence-electron chi connectivity index (χ4n) is 1.75. The van der Waals surface area contributed by atoms with Crippen molar-refractivity contribution in [3.63, 3.8) is 0 Å². The molecule has 1 heterocycles. The Morgan fingerprint density at radius 2 is 2.07 bits per heavy atom. The molecule has 78 valence electrons. The molecular weight excluding hydrogens is 193 g/mol. The third-order valence-corrected chi connectivity index (χ3v) is 2.69. The molecule has 1 unspecified atom stereocenters. The molecule has 0 aromatic heterocycles.